The second-order valence-electron chi connectivity index (χ2n) is 7.29. The van der Waals surface area contributed by atoms with Gasteiger partial charge in [-0.3, -0.25) is 14.9 Å². The van der Waals surface area contributed by atoms with Crippen molar-refractivity contribution in [2.75, 3.05) is 5.32 Å². The lowest BCUT2D eigenvalue weighted by atomic mass is 10.0. The fraction of sp³-hybridized carbons (Fsp3) is 0.0833. The lowest BCUT2D eigenvalue weighted by molar-refractivity contribution is -0.118. The van der Waals surface area contributed by atoms with Crippen LogP contribution in [-0.4, -0.2) is 28.1 Å². The van der Waals surface area contributed by atoms with Crippen LogP contribution < -0.4 is 10.6 Å². The van der Waals surface area contributed by atoms with Gasteiger partial charge < -0.3 is 5.32 Å². The van der Waals surface area contributed by atoms with E-state index in [0.717, 1.165) is 11.1 Å². The maximum absolute atomic E-state index is 13.2. The number of nitrogens with zero attached hydrogens (tertiary/aromatic N) is 2. The number of benzene rings is 3. The minimum atomic E-state index is -0.883. The van der Waals surface area contributed by atoms with Crippen LogP contribution >= 0.6 is 46.1 Å². The van der Waals surface area contributed by atoms with Crippen molar-refractivity contribution in [3.05, 3.63) is 99.0 Å². The molecule has 0 aliphatic carbocycles. The Morgan fingerprint density at radius 2 is 1.59 bits per heavy atom. The molecule has 3 aromatic carbocycles. The fourth-order valence-corrected chi connectivity index (χ4v) is 4.65. The number of carbonyl (C=O) groups is 2. The van der Waals surface area contributed by atoms with Crippen molar-refractivity contribution in [1.29, 1.82) is 0 Å². The van der Waals surface area contributed by atoms with Crippen LogP contribution in [0.4, 0.5) is 5.13 Å². The van der Waals surface area contributed by atoms with E-state index < -0.39 is 17.9 Å². The van der Waals surface area contributed by atoms with Crippen molar-refractivity contribution in [3.63, 3.8) is 0 Å². The Balaban J connectivity index is 1.53. The topological polar surface area (TPSA) is 84.0 Å². The predicted molar refractivity (Wildman–Crippen MR) is 137 cm³/mol. The number of carbonyl (C=O) groups excluding carboxylic acids is 2. The summed E-state index contributed by atoms with van der Waals surface area (Å²) >= 11 is 19.3. The summed E-state index contributed by atoms with van der Waals surface area (Å²) in [7, 11) is 0. The molecule has 4 rings (SSSR count). The molecule has 2 amide bonds. The summed E-state index contributed by atoms with van der Waals surface area (Å²) < 4.78 is 0. The lowest BCUT2D eigenvalue weighted by Gasteiger charge is -2.18. The quantitative estimate of drug-likeness (QED) is 0.300. The largest absolute Gasteiger partial charge is 0.340 e. The Morgan fingerprint density at radius 3 is 2.29 bits per heavy atom. The molecule has 34 heavy (non-hydrogen) atoms. The lowest BCUT2D eigenvalue weighted by Crippen LogP contribution is -2.45. The Bertz CT molecular complexity index is 1310. The number of hydrogen-bond acceptors (Lipinski definition) is 5. The third-order valence-corrected chi connectivity index (χ3v) is 6.32. The third-order valence-electron chi connectivity index (χ3n) is 4.76. The van der Waals surface area contributed by atoms with Crippen LogP contribution in [0.2, 0.25) is 15.1 Å². The number of rotatable bonds is 7. The molecule has 10 heteroatoms. The maximum Gasteiger partial charge on any atom is 0.252 e. The van der Waals surface area contributed by atoms with Crippen LogP contribution in [0.1, 0.15) is 15.9 Å². The summed E-state index contributed by atoms with van der Waals surface area (Å²) in [5.41, 5.74) is 1.92. The summed E-state index contributed by atoms with van der Waals surface area (Å²) in [6, 6.07) is 20.2. The summed E-state index contributed by atoms with van der Waals surface area (Å²) in [5.74, 6) is -0.906. The van der Waals surface area contributed by atoms with Gasteiger partial charge in [0.25, 0.3) is 5.91 Å². The van der Waals surface area contributed by atoms with Crippen LogP contribution in [-0.2, 0) is 11.2 Å². The summed E-state index contributed by atoms with van der Waals surface area (Å²) in [5, 5.41) is 15.8. The Morgan fingerprint density at radius 1 is 0.853 bits per heavy atom. The van der Waals surface area contributed by atoms with Gasteiger partial charge in [-0.15, -0.1) is 10.2 Å². The molecule has 0 spiro atoms. The van der Waals surface area contributed by atoms with E-state index in [-0.39, 0.29) is 12.0 Å². The highest BCUT2D eigenvalue weighted by Gasteiger charge is 2.24. The van der Waals surface area contributed by atoms with Crippen molar-refractivity contribution >= 4 is 63.1 Å². The average Bonchev–Trinajstić information content (AvgIpc) is 3.27. The van der Waals surface area contributed by atoms with E-state index in [9.17, 15) is 9.59 Å². The average molecular weight is 532 g/mol. The molecule has 0 fully saturated rings. The molecule has 0 saturated heterocycles. The van der Waals surface area contributed by atoms with E-state index in [2.05, 4.69) is 20.8 Å². The Kier molecular flexibility index (Phi) is 7.80. The molecule has 172 valence electrons. The van der Waals surface area contributed by atoms with Crippen molar-refractivity contribution in [1.82, 2.24) is 15.5 Å². The summed E-state index contributed by atoms with van der Waals surface area (Å²) in [4.78, 5) is 26.0. The number of anilines is 1. The van der Waals surface area contributed by atoms with Crippen molar-refractivity contribution < 1.29 is 9.59 Å². The van der Waals surface area contributed by atoms with E-state index in [1.54, 1.807) is 12.1 Å². The second kappa shape index (κ2) is 11.0. The number of amides is 2. The van der Waals surface area contributed by atoms with E-state index in [0.29, 0.717) is 25.2 Å². The predicted octanol–water partition coefficient (Wildman–Crippen LogP) is 6.15. The normalized spacial score (nSPS) is 11.6. The van der Waals surface area contributed by atoms with Crippen LogP contribution in [0.5, 0.6) is 0 Å². The molecule has 0 bridgehead atoms. The van der Waals surface area contributed by atoms with Gasteiger partial charge in [0.2, 0.25) is 11.0 Å². The first-order chi connectivity index (χ1) is 16.4. The molecule has 1 aromatic heterocycles. The molecule has 1 atom stereocenters. The van der Waals surface area contributed by atoms with Crippen LogP contribution in [0, 0.1) is 0 Å². The number of halogens is 3. The van der Waals surface area contributed by atoms with Gasteiger partial charge in [0, 0.05) is 32.6 Å². The highest BCUT2D eigenvalue weighted by atomic mass is 35.5. The van der Waals surface area contributed by atoms with Crippen LogP contribution in [0.3, 0.4) is 0 Å². The molecule has 0 radical (unpaired) electrons. The minimum Gasteiger partial charge on any atom is -0.340 e. The van der Waals surface area contributed by atoms with E-state index in [1.807, 2.05) is 42.5 Å². The van der Waals surface area contributed by atoms with E-state index >= 15 is 0 Å². The van der Waals surface area contributed by atoms with Crippen LogP contribution in [0.15, 0.2) is 72.8 Å². The van der Waals surface area contributed by atoms with Gasteiger partial charge in [-0.2, -0.15) is 0 Å². The van der Waals surface area contributed by atoms with Gasteiger partial charge in [-0.25, -0.2) is 0 Å². The molecular weight excluding hydrogens is 515 g/mol. The molecule has 1 unspecified atom stereocenters. The van der Waals surface area contributed by atoms with Crippen molar-refractivity contribution in [2.24, 2.45) is 0 Å². The highest BCUT2D eigenvalue weighted by Crippen LogP contribution is 2.28. The van der Waals surface area contributed by atoms with Crippen molar-refractivity contribution in [2.45, 2.75) is 12.5 Å². The van der Waals surface area contributed by atoms with Crippen molar-refractivity contribution in [3.8, 4) is 10.6 Å². The molecule has 0 saturated carbocycles. The summed E-state index contributed by atoms with van der Waals surface area (Å²) in [6.07, 6.45) is 0.271. The summed E-state index contributed by atoms with van der Waals surface area (Å²) in [6.45, 7) is 0. The fourth-order valence-electron chi connectivity index (χ4n) is 3.19. The maximum atomic E-state index is 13.2. The van der Waals surface area contributed by atoms with E-state index in [4.69, 9.17) is 34.8 Å². The van der Waals surface area contributed by atoms with Gasteiger partial charge in [-0.05, 0) is 35.9 Å². The Labute approximate surface area is 214 Å². The van der Waals surface area contributed by atoms with Gasteiger partial charge >= 0.3 is 0 Å². The first-order valence-electron chi connectivity index (χ1n) is 10.1. The highest BCUT2D eigenvalue weighted by molar-refractivity contribution is 7.18. The molecule has 1 heterocycles. The van der Waals surface area contributed by atoms with Gasteiger partial charge in [0.1, 0.15) is 11.0 Å². The number of nitrogens with one attached hydrogen (secondary N) is 2. The SMILES string of the molecule is O=C(NC(Cc1ccccc1)C(=O)Nc1nnc(-c2cccc(Cl)c2)s1)c1cc(Cl)cc(Cl)c1. The third kappa shape index (κ3) is 6.33. The zero-order chi connectivity index (χ0) is 24.1. The second-order valence-corrected chi connectivity index (χ2v) is 9.57. The molecule has 6 nitrogen and oxygen atoms in total. The molecular formula is C24H17Cl3N4O2S. The van der Waals surface area contributed by atoms with Gasteiger partial charge in [0.05, 0.1) is 0 Å². The first-order valence-corrected chi connectivity index (χ1v) is 12.0. The minimum absolute atomic E-state index is 0.252. The molecule has 0 aliphatic heterocycles. The monoisotopic (exact) mass is 530 g/mol. The molecule has 4 aromatic rings. The number of aromatic nitrogens is 2. The van der Waals surface area contributed by atoms with E-state index in [1.165, 1.54) is 29.5 Å². The first kappa shape index (κ1) is 24.2. The smallest absolute Gasteiger partial charge is 0.252 e. The number of hydrogen-bond donors (Lipinski definition) is 2. The zero-order valence-corrected chi connectivity index (χ0v) is 20.6. The van der Waals surface area contributed by atoms with Gasteiger partial charge in [-0.1, -0.05) is 88.6 Å². The Hall–Kier alpha value is -2.97. The molecule has 0 aliphatic rings. The van der Waals surface area contributed by atoms with Crippen LogP contribution in [0.25, 0.3) is 10.6 Å². The standard InChI is InChI=1S/C24H17Cl3N4O2S/c25-17-8-4-7-15(10-17)23-30-31-24(34-23)29-22(33)20(9-14-5-2-1-3-6-14)28-21(32)16-11-18(26)13-19(27)12-16/h1-8,10-13,20H,9H2,(H,28,32)(H,29,31,33). The zero-order valence-electron chi connectivity index (χ0n) is 17.5. The molecule has 2 N–H and O–H groups in total. The van der Waals surface area contributed by atoms with Gasteiger partial charge in [0.15, 0.2) is 0 Å².